The van der Waals surface area contributed by atoms with Crippen molar-refractivity contribution in [1.29, 1.82) is 0 Å². The van der Waals surface area contributed by atoms with E-state index in [4.69, 9.17) is 5.11 Å². The minimum Gasteiger partial charge on any atom is -0.481 e. The number of carbonyl (C=O) groups is 4. The molecule has 0 aliphatic carbocycles. The average Bonchev–Trinajstić information content (AvgIpc) is 2.77. The molecule has 0 radical (unpaired) electrons. The molecule has 0 bridgehead atoms. The van der Waals surface area contributed by atoms with E-state index >= 15 is 0 Å². The number of nitrogens with zero attached hydrogens (tertiary/aromatic N) is 1. The number of urea groups is 1. The predicted octanol–water partition coefficient (Wildman–Crippen LogP) is 1.22. The van der Waals surface area contributed by atoms with Crippen LogP contribution in [0.25, 0.3) is 0 Å². The standard InChI is InChI=1S/C17H21N3O5/c1-17(11-10-12-6-3-2-4-7-12)15(24)20(16(25)18-17)19-13(21)8-5-9-14(22)23/h2-4,6-7H,5,8-11H2,1H3,(H,18,25)(H,19,21)(H,22,23). The molecular formula is C17H21N3O5. The van der Waals surface area contributed by atoms with Crippen molar-refractivity contribution in [3.05, 3.63) is 35.9 Å². The molecule has 1 saturated heterocycles. The quantitative estimate of drug-likeness (QED) is 0.611. The van der Waals surface area contributed by atoms with E-state index in [1.54, 1.807) is 6.92 Å². The normalized spacial score (nSPS) is 19.6. The van der Waals surface area contributed by atoms with E-state index in [1.165, 1.54) is 0 Å². The Morgan fingerprint density at radius 1 is 1.20 bits per heavy atom. The number of benzene rings is 1. The Balaban J connectivity index is 1.91. The molecule has 1 aromatic carbocycles. The molecule has 0 spiro atoms. The molecule has 1 atom stereocenters. The maximum absolute atomic E-state index is 12.5. The molecule has 2 rings (SSSR count). The SMILES string of the molecule is CC1(CCc2ccccc2)NC(=O)N(NC(=O)CCCC(=O)O)C1=O. The molecule has 25 heavy (non-hydrogen) atoms. The lowest BCUT2D eigenvalue weighted by Crippen LogP contribution is -2.48. The Morgan fingerprint density at radius 2 is 1.88 bits per heavy atom. The molecule has 1 heterocycles. The second-order valence-electron chi connectivity index (χ2n) is 6.17. The van der Waals surface area contributed by atoms with Gasteiger partial charge in [0, 0.05) is 12.8 Å². The summed E-state index contributed by atoms with van der Waals surface area (Å²) in [6.45, 7) is 1.62. The Morgan fingerprint density at radius 3 is 2.52 bits per heavy atom. The van der Waals surface area contributed by atoms with E-state index in [9.17, 15) is 19.2 Å². The molecule has 1 aromatic rings. The van der Waals surface area contributed by atoms with Gasteiger partial charge in [0.05, 0.1) is 0 Å². The summed E-state index contributed by atoms with van der Waals surface area (Å²) in [4.78, 5) is 46.8. The van der Waals surface area contributed by atoms with Gasteiger partial charge in [-0.2, -0.15) is 5.01 Å². The maximum Gasteiger partial charge on any atom is 0.344 e. The van der Waals surface area contributed by atoms with Gasteiger partial charge in [-0.05, 0) is 31.7 Å². The number of carbonyl (C=O) groups excluding carboxylic acids is 3. The minimum atomic E-state index is -1.10. The third-order valence-corrected chi connectivity index (χ3v) is 4.05. The van der Waals surface area contributed by atoms with Crippen LogP contribution in [0.2, 0.25) is 0 Å². The van der Waals surface area contributed by atoms with E-state index in [-0.39, 0.29) is 19.3 Å². The van der Waals surface area contributed by atoms with Gasteiger partial charge in [0.1, 0.15) is 5.54 Å². The lowest BCUT2D eigenvalue weighted by Gasteiger charge is -2.21. The second-order valence-corrected chi connectivity index (χ2v) is 6.17. The summed E-state index contributed by atoms with van der Waals surface area (Å²) in [5.41, 5.74) is 2.19. The van der Waals surface area contributed by atoms with Gasteiger partial charge in [-0.25, -0.2) is 4.79 Å². The van der Waals surface area contributed by atoms with Gasteiger partial charge in [-0.15, -0.1) is 0 Å². The number of carboxylic acid groups (broad SMARTS) is 1. The fraction of sp³-hybridized carbons (Fsp3) is 0.412. The van der Waals surface area contributed by atoms with Crippen molar-refractivity contribution in [1.82, 2.24) is 15.8 Å². The van der Waals surface area contributed by atoms with Crippen molar-refractivity contribution in [3.8, 4) is 0 Å². The average molecular weight is 347 g/mol. The van der Waals surface area contributed by atoms with E-state index < -0.39 is 29.4 Å². The van der Waals surface area contributed by atoms with Crippen molar-refractivity contribution in [3.63, 3.8) is 0 Å². The highest BCUT2D eigenvalue weighted by Crippen LogP contribution is 2.22. The first kappa shape index (κ1) is 18.4. The zero-order chi connectivity index (χ0) is 18.4. The van der Waals surface area contributed by atoms with Crippen LogP contribution in [0.1, 0.15) is 38.2 Å². The Hall–Kier alpha value is -2.90. The van der Waals surface area contributed by atoms with Crippen LogP contribution in [0.5, 0.6) is 0 Å². The highest BCUT2D eigenvalue weighted by Gasteiger charge is 2.48. The van der Waals surface area contributed by atoms with Crippen LogP contribution in [0.4, 0.5) is 4.79 Å². The summed E-state index contributed by atoms with van der Waals surface area (Å²) in [7, 11) is 0. The molecule has 1 aliphatic heterocycles. The lowest BCUT2D eigenvalue weighted by molar-refractivity contribution is -0.139. The fourth-order valence-corrected chi connectivity index (χ4v) is 2.58. The summed E-state index contributed by atoms with van der Waals surface area (Å²) < 4.78 is 0. The van der Waals surface area contributed by atoms with Gasteiger partial charge in [0.2, 0.25) is 5.91 Å². The van der Waals surface area contributed by atoms with Crippen molar-refractivity contribution in [2.75, 3.05) is 0 Å². The summed E-state index contributed by atoms with van der Waals surface area (Å²) in [6.07, 6.45) is 0.902. The zero-order valence-electron chi connectivity index (χ0n) is 13.9. The number of hydrogen-bond acceptors (Lipinski definition) is 4. The number of rotatable bonds is 8. The molecule has 8 nitrogen and oxygen atoms in total. The van der Waals surface area contributed by atoms with Crippen LogP contribution in [0.15, 0.2) is 30.3 Å². The van der Waals surface area contributed by atoms with Gasteiger partial charge in [0.15, 0.2) is 0 Å². The van der Waals surface area contributed by atoms with Gasteiger partial charge in [-0.1, -0.05) is 30.3 Å². The fourth-order valence-electron chi connectivity index (χ4n) is 2.58. The van der Waals surface area contributed by atoms with Crippen molar-refractivity contribution in [2.24, 2.45) is 0 Å². The Bertz CT molecular complexity index is 676. The number of hydrazine groups is 1. The molecule has 1 aliphatic rings. The molecule has 3 N–H and O–H groups in total. The molecule has 1 unspecified atom stereocenters. The van der Waals surface area contributed by atoms with Crippen molar-refractivity contribution < 1.29 is 24.3 Å². The second kappa shape index (κ2) is 7.78. The first-order valence-corrected chi connectivity index (χ1v) is 8.04. The number of imide groups is 1. The number of amides is 4. The van der Waals surface area contributed by atoms with Crippen LogP contribution in [0, 0.1) is 0 Å². The number of aryl methyl sites for hydroxylation is 1. The topological polar surface area (TPSA) is 116 Å². The van der Waals surface area contributed by atoms with Crippen molar-refractivity contribution in [2.45, 2.75) is 44.6 Å². The molecule has 0 aromatic heterocycles. The molecule has 0 saturated carbocycles. The number of nitrogens with one attached hydrogen (secondary N) is 2. The van der Waals surface area contributed by atoms with E-state index in [1.807, 2.05) is 30.3 Å². The molecular weight excluding hydrogens is 326 g/mol. The number of aliphatic carboxylic acids is 1. The van der Waals surface area contributed by atoms with E-state index in [0.717, 1.165) is 5.56 Å². The molecule has 8 heteroatoms. The van der Waals surface area contributed by atoms with Crippen LogP contribution in [0.3, 0.4) is 0 Å². The summed E-state index contributed by atoms with van der Waals surface area (Å²) in [5.74, 6) is -2.10. The van der Waals surface area contributed by atoms with E-state index in [0.29, 0.717) is 17.9 Å². The smallest absolute Gasteiger partial charge is 0.344 e. The zero-order valence-corrected chi connectivity index (χ0v) is 13.9. The highest BCUT2D eigenvalue weighted by atomic mass is 16.4. The Labute approximate surface area is 145 Å². The van der Waals surface area contributed by atoms with Gasteiger partial charge < -0.3 is 10.4 Å². The van der Waals surface area contributed by atoms with Gasteiger partial charge in [0.25, 0.3) is 5.91 Å². The minimum absolute atomic E-state index is 0.0793. The van der Waals surface area contributed by atoms with Crippen LogP contribution < -0.4 is 10.7 Å². The highest BCUT2D eigenvalue weighted by molar-refractivity contribution is 6.07. The number of carboxylic acids is 1. The predicted molar refractivity (Wildman–Crippen MR) is 88.2 cm³/mol. The molecule has 134 valence electrons. The third-order valence-electron chi connectivity index (χ3n) is 4.05. The third kappa shape index (κ3) is 4.79. The van der Waals surface area contributed by atoms with Crippen LogP contribution >= 0.6 is 0 Å². The summed E-state index contributed by atoms with van der Waals surface area (Å²) >= 11 is 0. The van der Waals surface area contributed by atoms with Gasteiger partial charge in [-0.3, -0.25) is 19.8 Å². The van der Waals surface area contributed by atoms with Crippen LogP contribution in [-0.4, -0.2) is 39.5 Å². The lowest BCUT2D eigenvalue weighted by atomic mass is 9.93. The monoisotopic (exact) mass is 347 g/mol. The first-order valence-electron chi connectivity index (χ1n) is 8.04. The summed E-state index contributed by atoms with van der Waals surface area (Å²) in [6, 6.07) is 8.88. The largest absolute Gasteiger partial charge is 0.481 e. The Kier molecular flexibility index (Phi) is 5.74. The molecule has 4 amide bonds. The molecule has 1 fully saturated rings. The van der Waals surface area contributed by atoms with E-state index in [2.05, 4.69) is 10.7 Å². The number of hydrogen-bond donors (Lipinski definition) is 3. The van der Waals surface area contributed by atoms with Crippen LogP contribution in [-0.2, 0) is 20.8 Å². The van der Waals surface area contributed by atoms with Crippen molar-refractivity contribution >= 4 is 23.8 Å². The van der Waals surface area contributed by atoms with Gasteiger partial charge >= 0.3 is 12.0 Å². The first-order chi connectivity index (χ1) is 11.8. The maximum atomic E-state index is 12.5. The summed E-state index contributed by atoms with van der Waals surface area (Å²) in [5, 5.41) is 11.8.